The van der Waals surface area contributed by atoms with Crippen LogP contribution in [-0.2, 0) is 9.59 Å². The number of carbonyl (C=O) groups excluding carboxylic acids is 1. The molecule has 3 rings (SSSR count). The summed E-state index contributed by atoms with van der Waals surface area (Å²) in [6.07, 6.45) is 2.06. The number of hydrogen-bond donors (Lipinski definition) is 1. The first-order valence-electron chi connectivity index (χ1n) is 8.59. The molecular formula is C17H24N4O5. The molecule has 26 heavy (non-hydrogen) atoms. The lowest BCUT2D eigenvalue weighted by molar-refractivity contribution is -0.147. The van der Waals surface area contributed by atoms with Crippen LogP contribution in [0.15, 0.2) is 6.07 Å². The first-order valence-corrected chi connectivity index (χ1v) is 8.59. The van der Waals surface area contributed by atoms with Gasteiger partial charge in [-0.15, -0.1) is 0 Å². The monoisotopic (exact) mass is 364 g/mol. The molecule has 1 atom stereocenters. The Labute approximate surface area is 151 Å². The van der Waals surface area contributed by atoms with Gasteiger partial charge in [0.25, 0.3) is 0 Å². The van der Waals surface area contributed by atoms with E-state index >= 15 is 0 Å². The number of aromatic nitrogens is 2. The molecule has 0 radical (unpaired) electrons. The molecular weight excluding hydrogens is 340 g/mol. The highest BCUT2D eigenvalue weighted by molar-refractivity contribution is 5.83. The fourth-order valence-electron chi connectivity index (χ4n) is 3.89. The SMILES string of the molecule is COc1cc(OC)nc(N2CCC3(CC2)C[C@H](C(=O)O)N(C(C)=O)C3)n1. The largest absolute Gasteiger partial charge is 0.481 e. The number of carbonyl (C=O) groups is 2. The van der Waals surface area contributed by atoms with Gasteiger partial charge in [0.05, 0.1) is 20.3 Å². The molecule has 1 aromatic rings. The minimum atomic E-state index is -0.930. The van der Waals surface area contributed by atoms with Crippen molar-refractivity contribution in [1.29, 1.82) is 0 Å². The fraction of sp³-hybridized carbons (Fsp3) is 0.647. The van der Waals surface area contributed by atoms with E-state index in [2.05, 4.69) is 9.97 Å². The number of amides is 1. The number of piperidine rings is 1. The lowest BCUT2D eigenvalue weighted by Gasteiger charge is -2.39. The molecule has 1 aromatic heterocycles. The predicted octanol–water partition coefficient (Wildman–Crippen LogP) is 0.786. The van der Waals surface area contributed by atoms with Crippen LogP contribution in [0.5, 0.6) is 11.8 Å². The van der Waals surface area contributed by atoms with E-state index in [9.17, 15) is 14.7 Å². The third kappa shape index (κ3) is 3.38. The van der Waals surface area contributed by atoms with E-state index in [0.717, 1.165) is 12.8 Å². The molecule has 0 unspecified atom stereocenters. The number of anilines is 1. The molecule has 0 aliphatic carbocycles. The van der Waals surface area contributed by atoms with E-state index in [-0.39, 0.29) is 11.3 Å². The van der Waals surface area contributed by atoms with Gasteiger partial charge < -0.3 is 24.4 Å². The fourth-order valence-corrected chi connectivity index (χ4v) is 3.89. The van der Waals surface area contributed by atoms with Crippen molar-refractivity contribution in [3.63, 3.8) is 0 Å². The Kier molecular flexibility index (Phi) is 4.88. The molecule has 142 valence electrons. The van der Waals surface area contributed by atoms with Crippen LogP contribution in [0.1, 0.15) is 26.2 Å². The molecule has 2 aliphatic rings. The number of nitrogens with zero attached hydrogens (tertiary/aromatic N) is 4. The summed E-state index contributed by atoms with van der Waals surface area (Å²) in [6.45, 7) is 3.30. The van der Waals surface area contributed by atoms with Gasteiger partial charge in [0.2, 0.25) is 23.6 Å². The molecule has 2 fully saturated rings. The quantitative estimate of drug-likeness (QED) is 0.836. The number of aliphatic carboxylic acids is 1. The lowest BCUT2D eigenvalue weighted by Crippen LogP contribution is -2.43. The Bertz CT molecular complexity index is 656. The Balaban J connectivity index is 1.73. The summed E-state index contributed by atoms with van der Waals surface area (Å²) in [7, 11) is 3.08. The second-order valence-electron chi connectivity index (χ2n) is 6.94. The van der Waals surface area contributed by atoms with E-state index in [1.54, 1.807) is 6.07 Å². The highest BCUT2D eigenvalue weighted by Crippen LogP contribution is 2.44. The zero-order valence-corrected chi connectivity index (χ0v) is 15.3. The van der Waals surface area contributed by atoms with Crippen molar-refractivity contribution in [2.45, 2.75) is 32.2 Å². The van der Waals surface area contributed by atoms with Gasteiger partial charge in [-0.2, -0.15) is 9.97 Å². The van der Waals surface area contributed by atoms with Crippen molar-refractivity contribution in [2.24, 2.45) is 5.41 Å². The number of methoxy groups -OCH3 is 2. The van der Waals surface area contributed by atoms with Crippen molar-refractivity contribution in [1.82, 2.24) is 14.9 Å². The summed E-state index contributed by atoms with van der Waals surface area (Å²) in [5.74, 6) is 0.286. The molecule has 0 bridgehead atoms. The summed E-state index contributed by atoms with van der Waals surface area (Å²) < 4.78 is 10.4. The molecule has 9 nitrogen and oxygen atoms in total. The summed E-state index contributed by atoms with van der Waals surface area (Å²) in [6, 6.07) is 0.890. The third-order valence-electron chi connectivity index (χ3n) is 5.39. The van der Waals surface area contributed by atoms with Crippen LogP contribution in [0.25, 0.3) is 0 Å². The molecule has 0 aromatic carbocycles. The normalized spacial score (nSPS) is 21.7. The average molecular weight is 364 g/mol. The Morgan fingerprint density at radius 2 is 1.77 bits per heavy atom. The van der Waals surface area contributed by atoms with Gasteiger partial charge >= 0.3 is 5.97 Å². The smallest absolute Gasteiger partial charge is 0.326 e. The molecule has 0 saturated carbocycles. The van der Waals surface area contributed by atoms with Gasteiger partial charge in [-0.05, 0) is 24.7 Å². The maximum absolute atomic E-state index is 11.8. The number of carboxylic acids is 1. The van der Waals surface area contributed by atoms with E-state index in [0.29, 0.717) is 43.8 Å². The number of ether oxygens (including phenoxy) is 2. The van der Waals surface area contributed by atoms with Crippen molar-refractivity contribution in [3.8, 4) is 11.8 Å². The summed E-state index contributed by atoms with van der Waals surface area (Å²) in [5.41, 5.74) is -0.159. The van der Waals surface area contributed by atoms with Gasteiger partial charge in [0.15, 0.2) is 0 Å². The van der Waals surface area contributed by atoms with Crippen molar-refractivity contribution >= 4 is 17.8 Å². The van der Waals surface area contributed by atoms with Crippen LogP contribution >= 0.6 is 0 Å². The number of likely N-dealkylation sites (tertiary alicyclic amines) is 1. The van der Waals surface area contributed by atoms with Gasteiger partial charge in [0.1, 0.15) is 6.04 Å². The zero-order valence-electron chi connectivity index (χ0n) is 15.3. The number of carboxylic acid groups (broad SMARTS) is 1. The lowest BCUT2D eigenvalue weighted by atomic mass is 9.76. The van der Waals surface area contributed by atoms with Gasteiger partial charge in [-0.1, -0.05) is 0 Å². The number of rotatable bonds is 4. The van der Waals surface area contributed by atoms with Crippen LogP contribution in [-0.4, -0.2) is 71.7 Å². The maximum Gasteiger partial charge on any atom is 0.326 e. The average Bonchev–Trinajstić information content (AvgIpc) is 3.01. The molecule has 2 saturated heterocycles. The standard InChI is InChI=1S/C17H24N4O5/c1-11(22)21-10-17(9-12(21)15(23)24)4-6-20(7-5-17)16-18-13(25-2)8-14(19-16)26-3/h8,12H,4-7,9-10H2,1-3H3,(H,23,24)/t12-/m1/s1. The highest BCUT2D eigenvalue weighted by Gasteiger charge is 2.49. The van der Waals surface area contributed by atoms with Crippen LogP contribution in [0.4, 0.5) is 5.95 Å². The Morgan fingerprint density at radius 1 is 1.19 bits per heavy atom. The van der Waals surface area contributed by atoms with Crippen LogP contribution < -0.4 is 14.4 Å². The zero-order chi connectivity index (χ0) is 18.9. The summed E-state index contributed by atoms with van der Waals surface area (Å²) in [5, 5.41) is 9.44. The topological polar surface area (TPSA) is 105 Å². The first-order chi connectivity index (χ1) is 12.4. The summed E-state index contributed by atoms with van der Waals surface area (Å²) in [4.78, 5) is 35.6. The summed E-state index contributed by atoms with van der Waals surface area (Å²) >= 11 is 0. The van der Waals surface area contributed by atoms with E-state index < -0.39 is 12.0 Å². The van der Waals surface area contributed by atoms with Crippen molar-refractivity contribution in [2.75, 3.05) is 38.8 Å². The van der Waals surface area contributed by atoms with Crippen molar-refractivity contribution in [3.05, 3.63) is 6.07 Å². The van der Waals surface area contributed by atoms with Crippen molar-refractivity contribution < 1.29 is 24.2 Å². The van der Waals surface area contributed by atoms with Gasteiger partial charge in [-0.3, -0.25) is 4.79 Å². The Hall–Kier alpha value is -2.58. The van der Waals surface area contributed by atoms with Gasteiger partial charge in [0, 0.05) is 26.6 Å². The molecule has 2 aliphatic heterocycles. The number of hydrogen-bond acceptors (Lipinski definition) is 7. The predicted molar refractivity (Wildman–Crippen MR) is 92.4 cm³/mol. The minimum absolute atomic E-state index is 0.159. The third-order valence-corrected chi connectivity index (χ3v) is 5.39. The van der Waals surface area contributed by atoms with E-state index in [1.165, 1.54) is 26.0 Å². The van der Waals surface area contributed by atoms with E-state index in [4.69, 9.17) is 9.47 Å². The molecule has 3 heterocycles. The maximum atomic E-state index is 11.8. The minimum Gasteiger partial charge on any atom is -0.481 e. The van der Waals surface area contributed by atoms with Crippen LogP contribution in [0.2, 0.25) is 0 Å². The molecule has 1 N–H and O–H groups in total. The van der Waals surface area contributed by atoms with E-state index in [1.807, 2.05) is 4.90 Å². The molecule has 1 amide bonds. The Morgan fingerprint density at radius 3 is 2.19 bits per heavy atom. The van der Waals surface area contributed by atoms with Crippen LogP contribution in [0, 0.1) is 5.41 Å². The highest BCUT2D eigenvalue weighted by atomic mass is 16.5. The molecule has 9 heteroatoms. The second-order valence-corrected chi connectivity index (χ2v) is 6.94. The molecule has 1 spiro atoms. The first kappa shape index (κ1) is 18.2. The van der Waals surface area contributed by atoms with Crippen LogP contribution in [0.3, 0.4) is 0 Å². The second kappa shape index (κ2) is 6.97. The van der Waals surface area contributed by atoms with Gasteiger partial charge in [-0.25, -0.2) is 4.79 Å².